The van der Waals surface area contributed by atoms with Crippen LogP contribution in [0.5, 0.6) is 0 Å². The summed E-state index contributed by atoms with van der Waals surface area (Å²) < 4.78 is 38.9. The van der Waals surface area contributed by atoms with E-state index in [1.807, 2.05) is 0 Å². The molecule has 4 heteroatoms. The van der Waals surface area contributed by atoms with Crippen LogP contribution in [0.2, 0.25) is 0 Å². The van der Waals surface area contributed by atoms with E-state index in [1.165, 1.54) is 12.8 Å². The van der Waals surface area contributed by atoms with Crippen LogP contribution in [0.25, 0.3) is 0 Å². The molecule has 0 saturated heterocycles. The molecule has 0 amide bonds. The molecule has 2 rings (SSSR count). The molecule has 0 bridgehead atoms. The smallest absolute Gasteiger partial charge is 0.194 e. The first-order valence-corrected chi connectivity index (χ1v) is 5.98. The molecule has 1 aromatic rings. The monoisotopic (exact) mass is 243 g/mol. The second kappa shape index (κ2) is 5.08. The van der Waals surface area contributed by atoms with Crippen LogP contribution in [0.4, 0.5) is 13.2 Å². The highest BCUT2D eigenvalue weighted by molar-refractivity contribution is 5.22. The Kier molecular flexibility index (Phi) is 3.72. The van der Waals surface area contributed by atoms with Crippen LogP contribution in [0.3, 0.4) is 0 Å². The van der Waals surface area contributed by atoms with Gasteiger partial charge in [0.2, 0.25) is 0 Å². The molecule has 0 aromatic heterocycles. The predicted octanol–water partition coefficient (Wildman–Crippen LogP) is 3.68. The minimum Gasteiger partial charge on any atom is -0.324 e. The van der Waals surface area contributed by atoms with Crippen molar-refractivity contribution < 1.29 is 13.2 Å². The van der Waals surface area contributed by atoms with Crippen molar-refractivity contribution in [3.63, 3.8) is 0 Å². The van der Waals surface area contributed by atoms with Gasteiger partial charge in [-0.1, -0.05) is 25.7 Å². The molecule has 1 fully saturated rings. The van der Waals surface area contributed by atoms with Gasteiger partial charge >= 0.3 is 0 Å². The number of halogens is 3. The highest BCUT2D eigenvalue weighted by Crippen LogP contribution is 2.32. The van der Waals surface area contributed by atoms with E-state index >= 15 is 0 Å². The summed E-state index contributed by atoms with van der Waals surface area (Å²) in [6.45, 7) is 0. The largest absolute Gasteiger partial charge is 0.324 e. The second-order valence-electron chi connectivity index (χ2n) is 4.79. The fourth-order valence-corrected chi connectivity index (χ4v) is 2.53. The van der Waals surface area contributed by atoms with Gasteiger partial charge in [-0.25, -0.2) is 13.2 Å². The van der Waals surface area contributed by atoms with Crippen LogP contribution in [-0.2, 0) is 0 Å². The van der Waals surface area contributed by atoms with Crippen molar-refractivity contribution in [2.75, 3.05) is 0 Å². The maximum atomic E-state index is 13.0. The van der Waals surface area contributed by atoms with E-state index in [1.54, 1.807) is 0 Å². The van der Waals surface area contributed by atoms with Crippen LogP contribution in [-0.4, -0.2) is 0 Å². The molecule has 2 N–H and O–H groups in total. The Labute approximate surface area is 98.8 Å². The van der Waals surface area contributed by atoms with E-state index in [4.69, 9.17) is 5.73 Å². The summed E-state index contributed by atoms with van der Waals surface area (Å²) >= 11 is 0. The minimum absolute atomic E-state index is 0.341. The van der Waals surface area contributed by atoms with Crippen molar-refractivity contribution in [3.8, 4) is 0 Å². The fourth-order valence-electron chi connectivity index (χ4n) is 2.53. The average Bonchev–Trinajstić information content (AvgIpc) is 2.77. The van der Waals surface area contributed by atoms with Gasteiger partial charge in [-0.3, -0.25) is 0 Å². The van der Waals surface area contributed by atoms with Gasteiger partial charge in [-0.2, -0.15) is 0 Å². The van der Waals surface area contributed by atoms with Gasteiger partial charge < -0.3 is 5.73 Å². The number of benzene rings is 1. The summed E-state index contributed by atoms with van der Waals surface area (Å²) in [4.78, 5) is 0. The Morgan fingerprint density at radius 3 is 2.18 bits per heavy atom. The lowest BCUT2D eigenvalue weighted by Gasteiger charge is -2.17. The summed E-state index contributed by atoms with van der Waals surface area (Å²) in [7, 11) is 0. The number of nitrogens with two attached hydrogens (primary N) is 1. The summed E-state index contributed by atoms with van der Waals surface area (Å²) in [6, 6.07) is 1.58. The Morgan fingerprint density at radius 2 is 1.65 bits per heavy atom. The Morgan fingerprint density at radius 1 is 1.12 bits per heavy atom. The lowest BCUT2D eigenvalue weighted by atomic mass is 9.94. The van der Waals surface area contributed by atoms with Crippen molar-refractivity contribution in [1.29, 1.82) is 0 Å². The SMILES string of the molecule is NC(CC1CCCC1)c1cc(F)c(F)c(F)c1. The first-order valence-electron chi connectivity index (χ1n) is 5.98. The molecule has 94 valence electrons. The molecular formula is C13H16F3N. The van der Waals surface area contributed by atoms with Crippen molar-refractivity contribution in [2.24, 2.45) is 11.7 Å². The lowest BCUT2D eigenvalue weighted by Crippen LogP contribution is -2.15. The van der Waals surface area contributed by atoms with Crippen LogP contribution >= 0.6 is 0 Å². The molecule has 1 unspecified atom stereocenters. The fraction of sp³-hybridized carbons (Fsp3) is 0.538. The molecule has 0 radical (unpaired) electrons. The van der Waals surface area contributed by atoms with Gasteiger partial charge in [0.15, 0.2) is 17.5 Å². The first kappa shape index (κ1) is 12.4. The summed E-state index contributed by atoms with van der Waals surface area (Å²) in [6.07, 6.45) is 5.36. The second-order valence-corrected chi connectivity index (χ2v) is 4.79. The molecule has 17 heavy (non-hydrogen) atoms. The predicted molar refractivity (Wildman–Crippen MR) is 59.8 cm³/mol. The third-order valence-corrected chi connectivity index (χ3v) is 3.50. The molecule has 0 heterocycles. The Bertz CT molecular complexity index is 377. The Hall–Kier alpha value is -1.03. The van der Waals surface area contributed by atoms with Gasteiger partial charge in [0.05, 0.1) is 0 Å². The van der Waals surface area contributed by atoms with E-state index in [0.717, 1.165) is 25.0 Å². The summed E-state index contributed by atoms with van der Waals surface area (Å²) in [5.41, 5.74) is 6.25. The topological polar surface area (TPSA) is 26.0 Å². The maximum Gasteiger partial charge on any atom is 0.194 e. The van der Waals surface area contributed by atoms with E-state index in [9.17, 15) is 13.2 Å². The zero-order chi connectivity index (χ0) is 12.4. The molecule has 1 aromatic carbocycles. The van der Waals surface area contributed by atoms with Crippen LogP contribution in [0.15, 0.2) is 12.1 Å². The first-order chi connectivity index (χ1) is 8.08. The van der Waals surface area contributed by atoms with E-state index in [2.05, 4.69) is 0 Å². The van der Waals surface area contributed by atoms with Crippen LogP contribution in [0, 0.1) is 23.4 Å². The lowest BCUT2D eigenvalue weighted by molar-refractivity contribution is 0.428. The van der Waals surface area contributed by atoms with Crippen molar-refractivity contribution in [3.05, 3.63) is 35.1 Å². The van der Waals surface area contributed by atoms with Crippen LogP contribution in [0.1, 0.15) is 43.7 Å². The third kappa shape index (κ3) is 2.80. The molecule has 1 aliphatic rings. The van der Waals surface area contributed by atoms with E-state index in [-0.39, 0.29) is 0 Å². The molecule has 0 aliphatic heterocycles. The van der Waals surface area contributed by atoms with Crippen molar-refractivity contribution in [2.45, 2.75) is 38.1 Å². The minimum atomic E-state index is -1.43. The zero-order valence-electron chi connectivity index (χ0n) is 9.56. The average molecular weight is 243 g/mol. The highest BCUT2D eigenvalue weighted by atomic mass is 19.2. The highest BCUT2D eigenvalue weighted by Gasteiger charge is 2.21. The third-order valence-electron chi connectivity index (χ3n) is 3.50. The molecular weight excluding hydrogens is 227 g/mol. The van der Waals surface area contributed by atoms with Gasteiger partial charge in [-0.05, 0) is 30.0 Å². The number of hydrogen-bond acceptors (Lipinski definition) is 1. The van der Waals surface area contributed by atoms with E-state index < -0.39 is 23.5 Å². The van der Waals surface area contributed by atoms with Gasteiger partial charge in [0, 0.05) is 6.04 Å². The van der Waals surface area contributed by atoms with Crippen LogP contribution < -0.4 is 5.73 Å². The zero-order valence-corrected chi connectivity index (χ0v) is 9.56. The molecule has 1 nitrogen and oxygen atoms in total. The van der Waals surface area contributed by atoms with E-state index in [0.29, 0.717) is 17.9 Å². The number of hydrogen-bond donors (Lipinski definition) is 1. The Balaban J connectivity index is 2.10. The van der Waals surface area contributed by atoms with Gasteiger partial charge in [0.1, 0.15) is 0 Å². The molecule has 1 saturated carbocycles. The van der Waals surface area contributed by atoms with Crippen molar-refractivity contribution >= 4 is 0 Å². The molecule has 1 atom stereocenters. The standard InChI is InChI=1S/C13H16F3N/c14-10-6-9(7-11(15)13(10)16)12(17)5-8-3-1-2-4-8/h6-8,12H,1-5,17H2. The summed E-state index contributed by atoms with van der Waals surface area (Å²) in [5, 5.41) is 0. The maximum absolute atomic E-state index is 13.0. The summed E-state index contributed by atoms with van der Waals surface area (Å²) in [5.74, 6) is -3.23. The van der Waals surface area contributed by atoms with Gasteiger partial charge in [-0.15, -0.1) is 0 Å². The quantitative estimate of drug-likeness (QED) is 0.805. The molecule has 0 spiro atoms. The van der Waals surface area contributed by atoms with Crippen molar-refractivity contribution in [1.82, 2.24) is 0 Å². The number of rotatable bonds is 3. The van der Waals surface area contributed by atoms with Gasteiger partial charge in [0.25, 0.3) is 0 Å². The molecule has 1 aliphatic carbocycles. The normalized spacial score (nSPS) is 18.6.